The monoisotopic (exact) mass is 489 g/mol. The van der Waals surface area contributed by atoms with Gasteiger partial charge >= 0.3 is 0 Å². The Labute approximate surface area is 198 Å². The average molecular weight is 490 g/mol. The molecule has 2 unspecified atom stereocenters. The van der Waals surface area contributed by atoms with E-state index in [0.29, 0.717) is 22.4 Å². The molecule has 2 aliphatic heterocycles. The molecule has 2 aromatic rings. The van der Waals surface area contributed by atoms with E-state index in [2.05, 4.69) is 5.32 Å². The summed E-state index contributed by atoms with van der Waals surface area (Å²) in [4.78, 5) is 19.2. The number of benzene rings is 2. The van der Waals surface area contributed by atoms with Crippen molar-refractivity contribution in [3.63, 3.8) is 0 Å². The van der Waals surface area contributed by atoms with Crippen molar-refractivity contribution < 1.29 is 22.7 Å². The molecule has 2 aromatic carbocycles. The fourth-order valence-electron chi connectivity index (χ4n) is 4.17. The first-order chi connectivity index (χ1) is 15.7. The Morgan fingerprint density at radius 1 is 1.15 bits per heavy atom. The molecule has 1 N–H and O–H groups in total. The van der Waals surface area contributed by atoms with Crippen LogP contribution in [0.3, 0.4) is 0 Å². The van der Waals surface area contributed by atoms with Crippen molar-refractivity contribution in [1.29, 1.82) is 0 Å². The van der Waals surface area contributed by atoms with Crippen LogP contribution in [-0.4, -0.2) is 63.1 Å². The van der Waals surface area contributed by atoms with Crippen molar-refractivity contribution in [1.82, 2.24) is 0 Å². The topological polar surface area (TPSA) is 97.3 Å². The van der Waals surface area contributed by atoms with Crippen molar-refractivity contribution in [2.45, 2.75) is 25.9 Å². The second-order valence-corrected chi connectivity index (χ2v) is 11.3. The highest BCUT2D eigenvalue weighted by atomic mass is 32.2. The fraction of sp³-hybridized carbons (Fsp3) is 0.391. The van der Waals surface area contributed by atoms with Crippen LogP contribution >= 0.6 is 11.8 Å². The van der Waals surface area contributed by atoms with Gasteiger partial charge < -0.3 is 19.7 Å². The SMILES string of the molecule is COc1ccc(OC)c(N2C(SCC(=O)Nc3ccc(C)cc3C)=NC3CS(=O)(=O)CC32)c1. The maximum absolute atomic E-state index is 12.7. The molecule has 33 heavy (non-hydrogen) atoms. The van der Waals surface area contributed by atoms with Gasteiger partial charge in [0.05, 0.1) is 49.2 Å². The number of nitrogens with zero attached hydrogens (tertiary/aromatic N) is 2. The number of nitrogens with one attached hydrogen (secondary N) is 1. The molecular formula is C23H27N3O5S2. The van der Waals surface area contributed by atoms with Gasteiger partial charge in [0.1, 0.15) is 11.5 Å². The predicted octanol–water partition coefficient (Wildman–Crippen LogP) is 3.03. The first-order valence-electron chi connectivity index (χ1n) is 10.5. The summed E-state index contributed by atoms with van der Waals surface area (Å²) < 4.78 is 35.5. The number of ether oxygens (including phenoxy) is 2. The third-order valence-corrected chi connectivity index (χ3v) is 8.41. The maximum atomic E-state index is 12.7. The molecular weight excluding hydrogens is 462 g/mol. The maximum Gasteiger partial charge on any atom is 0.234 e. The van der Waals surface area contributed by atoms with Crippen LogP contribution in [0.5, 0.6) is 11.5 Å². The largest absolute Gasteiger partial charge is 0.497 e. The molecule has 0 aromatic heterocycles. The summed E-state index contributed by atoms with van der Waals surface area (Å²) in [6.45, 7) is 3.96. The number of anilines is 2. The van der Waals surface area contributed by atoms with Gasteiger partial charge in [-0.1, -0.05) is 29.5 Å². The summed E-state index contributed by atoms with van der Waals surface area (Å²) in [5.41, 5.74) is 3.56. The lowest BCUT2D eigenvalue weighted by Crippen LogP contribution is -2.39. The molecule has 0 radical (unpaired) electrons. The first-order valence-corrected chi connectivity index (χ1v) is 13.3. The van der Waals surface area contributed by atoms with Gasteiger partial charge in [0.2, 0.25) is 5.91 Å². The van der Waals surface area contributed by atoms with Gasteiger partial charge in [-0.15, -0.1) is 0 Å². The Bertz CT molecular complexity index is 1210. The van der Waals surface area contributed by atoms with E-state index in [1.807, 2.05) is 36.9 Å². The van der Waals surface area contributed by atoms with Crippen molar-refractivity contribution >= 4 is 44.0 Å². The zero-order chi connectivity index (χ0) is 23.8. The summed E-state index contributed by atoms with van der Waals surface area (Å²) in [7, 11) is -0.0647. The Balaban J connectivity index is 1.57. The minimum Gasteiger partial charge on any atom is -0.497 e. The van der Waals surface area contributed by atoms with Crippen LogP contribution in [0.15, 0.2) is 41.4 Å². The fourth-order valence-corrected chi connectivity index (χ4v) is 6.93. The third kappa shape index (κ3) is 4.96. The van der Waals surface area contributed by atoms with E-state index in [4.69, 9.17) is 14.5 Å². The van der Waals surface area contributed by atoms with E-state index in [1.165, 1.54) is 11.8 Å². The van der Waals surface area contributed by atoms with E-state index in [-0.39, 0.29) is 35.2 Å². The average Bonchev–Trinajstić information content (AvgIpc) is 3.24. The van der Waals surface area contributed by atoms with E-state index >= 15 is 0 Å². The van der Waals surface area contributed by atoms with Gasteiger partial charge in [-0.2, -0.15) is 0 Å². The quantitative estimate of drug-likeness (QED) is 0.666. The van der Waals surface area contributed by atoms with Crippen LogP contribution in [0, 0.1) is 13.8 Å². The molecule has 0 bridgehead atoms. The Morgan fingerprint density at radius 3 is 2.64 bits per heavy atom. The van der Waals surface area contributed by atoms with Crippen LogP contribution in [0.4, 0.5) is 11.4 Å². The smallest absolute Gasteiger partial charge is 0.234 e. The third-order valence-electron chi connectivity index (χ3n) is 5.74. The van der Waals surface area contributed by atoms with Gasteiger partial charge in [-0.05, 0) is 37.6 Å². The lowest BCUT2D eigenvalue weighted by Gasteiger charge is -2.28. The van der Waals surface area contributed by atoms with Gasteiger partial charge in [0.25, 0.3) is 0 Å². The van der Waals surface area contributed by atoms with E-state index in [9.17, 15) is 13.2 Å². The molecule has 2 atom stereocenters. The molecule has 0 spiro atoms. The molecule has 1 saturated heterocycles. The number of rotatable bonds is 6. The number of fused-ring (bicyclic) bond motifs is 1. The summed E-state index contributed by atoms with van der Waals surface area (Å²) >= 11 is 1.29. The molecule has 4 rings (SSSR count). The second-order valence-electron chi connectivity index (χ2n) is 8.19. The molecule has 176 valence electrons. The van der Waals surface area contributed by atoms with Crippen LogP contribution in [0.25, 0.3) is 0 Å². The molecule has 1 amide bonds. The van der Waals surface area contributed by atoms with Crippen molar-refractivity contribution in [2.75, 3.05) is 41.7 Å². The minimum absolute atomic E-state index is 0.000346. The number of carbonyl (C=O) groups is 1. The van der Waals surface area contributed by atoms with Gasteiger partial charge in [0, 0.05) is 11.8 Å². The van der Waals surface area contributed by atoms with Crippen LogP contribution in [-0.2, 0) is 14.6 Å². The Hall–Kier alpha value is -2.72. The highest BCUT2D eigenvalue weighted by Gasteiger charge is 2.48. The number of amides is 1. The lowest BCUT2D eigenvalue weighted by molar-refractivity contribution is -0.113. The molecule has 10 heteroatoms. The minimum atomic E-state index is -3.19. The number of sulfone groups is 1. The highest BCUT2D eigenvalue weighted by Crippen LogP contribution is 2.41. The molecule has 1 fully saturated rings. The Morgan fingerprint density at radius 2 is 1.94 bits per heavy atom. The summed E-state index contributed by atoms with van der Waals surface area (Å²) in [5, 5.41) is 3.55. The molecule has 0 aliphatic carbocycles. The molecule has 8 nitrogen and oxygen atoms in total. The molecule has 2 heterocycles. The van der Waals surface area contributed by atoms with Crippen molar-refractivity contribution in [3.8, 4) is 11.5 Å². The number of aryl methyl sites for hydroxylation is 2. The van der Waals surface area contributed by atoms with Crippen LogP contribution in [0.2, 0.25) is 0 Å². The number of hydrogen-bond acceptors (Lipinski definition) is 8. The van der Waals surface area contributed by atoms with E-state index in [1.54, 1.807) is 32.4 Å². The van der Waals surface area contributed by atoms with Gasteiger partial charge in [-0.3, -0.25) is 9.79 Å². The van der Waals surface area contributed by atoms with Crippen molar-refractivity contribution in [3.05, 3.63) is 47.5 Å². The number of aliphatic imine (C=N–C) groups is 1. The summed E-state index contributed by atoms with van der Waals surface area (Å²) in [6.07, 6.45) is 0. The lowest BCUT2D eigenvalue weighted by atomic mass is 10.1. The number of amidine groups is 1. The first kappa shape index (κ1) is 23.4. The number of methoxy groups -OCH3 is 2. The van der Waals surface area contributed by atoms with Gasteiger partial charge in [-0.25, -0.2) is 8.42 Å². The zero-order valence-corrected chi connectivity index (χ0v) is 20.6. The van der Waals surface area contributed by atoms with Crippen molar-refractivity contribution in [2.24, 2.45) is 4.99 Å². The number of carbonyl (C=O) groups excluding carboxylic acids is 1. The van der Waals surface area contributed by atoms with Crippen LogP contribution in [0.1, 0.15) is 11.1 Å². The highest BCUT2D eigenvalue weighted by molar-refractivity contribution is 8.14. The normalized spacial score (nSPS) is 20.8. The zero-order valence-electron chi connectivity index (χ0n) is 19.0. The van der Waals surface area contributed by atoms with Gasteiger partial charge in [0.15, 0.2) is 15.0 Å². The number of hydrogen-bond donors (Lipinski definition) is 1. The summed E-state index contributed by atoms with van der Waals surface area (Å²) in [5.74, 6) is 1.18. The molecule has 0 saturated carbocycles. The molecule has 2 aliphatic rings. The van der Waals surface area contributed by atoms with Crippen LogP contribution < -0.4 is 19.7 Å². The summed E-state index contributed by atoms with van der Waals surface area (Å²) in [6, 6.07) is 10.5. The second kappa shape index (κ2) is 9.26. The number of thioether (sulfide) groups is 1. The Kier molecular flexibility index (Phi) is 6.58. The van der Waals surface area contributed by atoms with E-state index in [0.717, 1.165) is 16.8 Å². The predicted molar refractivity (Wildman–Crippen MR) is 133 cm³/mol. The van der Waals surface area contributed by atoms with E-state index < -0.39 is 9.84 Å². The standard InChI is InChI=1S/C23H27N3O5S2/c1-14-5-7-17(15(2)9-14)24-22(27)11-32-23-25-18-12-33(28,29)13-20(18)26(23)19-10-16(30-3)6-8-21(19)31-4/h5-10,18,20H,11-13H2,1-4H3,(H,24,27).